The quantitative estimate of drug-likeness (QED) is 0.161. The monoisotopic (exact) mass is 728 g/mol. The SMILES string of the molecule is C=Cc1cc2oc3c4ccccc4c(-c4cccc(-c5c6ccccc6c(-c6cccc7c6C(C)(C)c6ccccc6-7)c6ccccc56)c4)cc3c2cc1/C=C\C. The zero-order valence-corrected chi connectivity index (χ0v) is 32.4. The molecule has 0 aliphatic heterocycles. The molecule has 0 atom stereocenters. The van der Waals surface area contributed by atoms with Crippen molar-refractivity contribution >= 4 is 66.4 Å². The summed E-state index contributed by atoms with van der Waals surface area (Å²) in [4.78, 5) is 0. The van der Waals surface area contributed by atoms with Crippen molar-refractivity contribution in [3.05, 3.63) is 193 Å². The van der Waals surface area contributed by atoms with Gasteiger partial charge in [0.1, 0.15) is 11.2 Å². The van der Waals surface area contributed by atoms with Crippen LogP contribution in [0.25, 0.3) is 111 Å². The van der Waals surface area contributed by atoms with Gasteiger partial charge < -0.3 is 4.42 Å². The Hall–Kier alpha value is -6.96. The molecule has 1 aliphatic carbocycles. The average Bonchev–Trinajstić information content (AvgIpc) is 3.73. The summed E-state index contributed by atoms with van der Waals surface area (Å²) in [6.07, 6.45) is 6.13. The van der Waals surface area contributed by atoms with Gasteiger partial charge in [-0.15, -0.1) is 0 Å². The van der Waals surface area contributed by atoms with E-state index < -0.39 is 0 Å². The summed E-state index contributed by atoms with van der Waals surface area (Å²) in [5.41, 5.74) is 16.8. The Bertz CT molecular complexity index is 3290. The normalized spacial score (nSPS) is 13.3. The van der Waals surface area contributed by atoms with Crippen LogP contribution >= 0.6 is 0 Å². The summed E-state index contributed by atoms with van der Waals surface area (Å²) in [5, 5.41) is 9.55. The number of rotatable bonds is 5. The Labute approximate surface area is 332 Å². The molecule has 0 unspecified atom stereocenters. The number of benzene rings is 9. The van der Waals surface area contributed by atoms with Crippen LogP contribution in [0.1, 0.15) is 43.0 Å². The lowest BCUT2D eigenvalue weighted by molar-refractivity contribution is 0.662. The van der Waals surface area contributed by atoms with Crippen LogP contribution in [0.15, 0.2) is 175 Å². The number of allylic oxidation sites excluding steroid dienone is 1. The van der Waals surface area contributed by atoms with Gasteiger partial charge in [0.15, 0.2) is 0 Å². The van der Waals surface area contributed by atoms with Gasteiger partial charge in [-0.2, -0.15) is 0 Å². The molecular formula is C56H40O. The van der Waals surface area contributed by atoms with E-state index in [1.807, 2.05) is 6.08 Å². The van der Waals surface area contributed by atoms with E-state index in [-0.39, 0.29) is 5.41 Å². The van der Waals surface area contributed by atoms with Crippen LogP contribution in [0.4, 0.5) is 0 Å². The standard InChI is InChI=1S/C56H40O/c1-5-17-35-31-48-49-33-47(38-20-7-12-26-45(38)55(49)57-51(48)32-34(35)6-2)36-18-15-19-37(30-36)52-40-22-8-10-24-42(40)53(43-25-11-9-23-41(43)52)46-28-16-27-44-39-21-13-14-29-50(39)56(3,4)54(44)46/h5-33H,2H2,1,3-4H3/b17-5-. The van der Waals surface area contributed by atoms with E-state index in [0.717, 1.165) is 38.5 Å². The van der Waals surface area contributed by atoms with E-state index >= 15 is 0 Å². The Morgan fingerprint density at radius 1 is 0.474 bits per heavy atom. The number of hydrogen-bond donors (Lipinski definition) is 0. The second-order valence-electron chi connectivity index (χ2n) is 16.0. The van der Waals surface area contributed by atoms with Gasteiger partial charge >= 0.3 is 0 Å². The first kappa shape index (κ1) is 33.4. The smallest absolute Gasteiger partial charge is 0.143 e. The molecule has 0 amide bonds. The summed E-state index contributed by atoms with van der Waals surface area (Å²) in [5.74, 6) is 0. The summed E-state index contributed by atoms with van der Waals surface area (Å²) >= 11 is 0. The molecule has 10 aromatic rings. The molecular weight excluding hydrogens is 689 g/mol. The minimum Gasteiger partial charge on any atom is -0.455 e. The van der Waals surface area contributed by atoms with Gasteiger partial charge in [-0.1, -0.05) is 172 Å². The van der Waals surface area contributed by atoms with E-state index in [1.165, 1.54) is 82.6 Å². The highest BCUT2D eigenvalue weighted by Crippen LogP contribution is 2.54. The molecule has 1 heterocycles. The van der Waals surface area contributed by atoms with Gasteiger partial charge in [0.25, 0.3) is 0 Å². The fraction of sp³-hybridized carbons (Fsp3) is 0.0714. The minimum absolute atomic E-state index is 0.135. The van der Waals surface area contributed by atoms with Crippen LogP contribution in [0.3, 0.4) is 0 Å². The van der Waals surface area contributed by atoms with Crippen LogP contribution in [0.2, 0.25) is 0 Å². The third kappa shape index (κ3) is 4.82. The summed E-state index contributed by atoms with van der Waals surface area (Å²) < 4.78 is 6.66. The number of fused-ring (bicyclic) bond motifs is 10. The highest BCUT2D eigenvalue weighted by molar-refractivity contribution is 6.23. The van der Waals surface area contributed by atoms with Crippen molar-refractivity contribution in [1.82, 2.24) is 0 Å². The second-order valence-corrected chi connectivity index (χ2v) is 16.0. The molecule has 1 aliphatic rings. The fourth-order valence-electron chi connectivity index (χ4n) is 10.0. The highest BCUT2D eigenvalue weighted by Gasteiger charge is 2.38. The molecule has 11 rings (SSSR count). The molecule has 0 bridgehead atoms. The highest BCUT2D eigenvalue weighted by atomic mass is 16.3. The lowest BCUT2D eigenvalue weighted by atomic mass is 9.76. The van der Waals surface area contributed by atoms with Crippen LogP contribution < -0.4 is 0 Å². The molecule has 0 spiro atoms. The summed E-state index contributed by atoms with van der Waals surface area (Å²) in [6, 6.07) is 58.4. The predicted octanol–water partition coefficient (Wildman–Crippen LogP) is 16.0. The molecule has 270 valence electrons. The van der Waals surface area contributed by atoms with Crippen molar-refractivity contribution in [2.75, 3.05) is 0 Å². The number of furan rings is 1. The van der Waals surface area contributed by atoms with Crippen LogP contribution in [0, 0.1) is 0 Å². The van der Waals surface area contributed by atoms with Gasteiger partial charge in [-0.25, -0.2) is 0 Å². The van der Waals surface area contributed by atoms with Gasteiger partial charge in [0, 0.05) is 21.6 Å². The summed E-state index contributed by atoms with van der Waals surface area (Å²) in [6.45, 7) is 10.9. The van der Waals surface area contributed by atoms with E-state index in [1.54, 1.807) is 0 Å². The molecule has 9 aromatic carbocycles. The van der Waals surface area contributed by atoms with Gasteiger partial charge in [0.2, 0.25) is 0 Å². The average molecular weight is 729 g/mol. The molecule has 57 heavy (non-hydrogen) atoms. The van der Waals surface area contributed by atoms with Crippen molar-refractivity contribution in [3.8, 4) is 44.5 Å². The molecule has 1 heteroatoms. The molecule has 0 saturated carbocycles. The van der Waals surface area contributed by atoms with Crippen LogP contribution in [0.5, 0.6) is 0 Å². The van der Waals surface area contributed by atoms with Crippen molar-refractivity contribution in [3.63, 3.8) is 0 Å². The molecule has 0 radical (unpaired) electrons. The maximum absolute atomic E-state index is 6.66. The Morgan fingerprint density at radius 2 is 1.07 bits per heavy atom. The van der Waals surface area contributed by atoms with Crippen molar-refractivity contribution in [1.29, 1.82) is 0 Å². The van der Waals surface area contributed by atoms with E-state index in [0.29, 0.717) is 0 Å². The van der Waals surface area contributed by atoms with E-state index in [4.69, 9.17) is 4.42 Å². The van der Waals surface area contributed by atoms with Gasteiger partial charge in [-0.05, 0) is 125 Å². The maximum atomic E-state index is 6.66. The molecule has 0 saturated heterocycles. The number of hydrogen-bond acceptors (Lipinski definition) is 1. The first-order chi connectivity index (χ1) is 28.0. The molecule has 0 N–H and O–H groups in total. The molecule has 1 nitrogen and oxygen atoms in total. The predicted molar refractivity (Wildman–Crippen MR) is 245 cm³/mol. The lowest BCUT2D eigenvalue weighted by Crippen LogP contribution is -2.16. The maximum Gasteiger partial charge on any atom is 0.143 e. The third-order valence-electron chi connectivity index (χ3n) is 12.5. The minimum atomic E-state index is -0.135. The van der Waals surface area contributed by atoms with Crippen LogP contribution in [-0.2, 0) is 5.41 Å². The van der Waals surface area contributed by atoms with E-state index in [9.17, 15) is 0 Å². The van der Waals surface area contributed by atoms with Crippen molar-refractivity contribution in [2.24, 2.45) is 0 Å². The second kappa shape index (κ2) is 12.5. The van der Waals surface area contributed by atoms with Crippen molar-refractivity contribution in [2.45, 2.75) is 26.2 Å². The summed E-state index contributed by atoms with van der Waals surface area (Å²) in [7, 11) is 0. The fourth-order valence-corrected chi connectivity index (χ4v) is 10.0. The Morgan fingerprint density at radius 3 is 1.79 bits per heavy atom. The van der Waals surface area contributed by atoms with Crippen LogP contribution in [-0.4, -0.2) is 0 Å². The molecule has 1 aromatic heterocycles. The molecule has 0 fully saturated rings. The first-order valence-corrected chi connectivity index (χ1v) is 19.9. The Kier molecular flexibility index (Phi) is 7.34. The largest absolute Gasteiger partial charge is 0.455 e. The topological polar surface area (TPSA) is 13.1 Å². The zero-order chi connectivity index (χ0) is 38.4. The van der Waals surface area contributed by atoms with Gasteiger partial charge in [-0.3, -0.25) is 0 Å². The van der Waals surface area contributed by atoms with E-state index in [2.05, 4.69) is 197 Å². The third-order valence-corrected chi connectivity index (χ3v) is 12.5. The lowest BCUT2D eigenvalue weighted by Gasteiger charge is -2.26. The van der Waals surface area contributed by atoms with Crippen molar-refractivity contribution < 1.29 is 4.42 Å². The van der Waals surface area contributed by atoms with Gasteiger partial charge in [0.05, 0.1) is 0 Å². The zero-order valence-electron chi connectivity index (χ0n) is 32.4. The first-order valence-electron chi connectivity index (χ1n) is 19.9. The Balaban J connectivity index is 1.16.